The number of aromatic nitrogens is 3. The van der Waals surface area contributed by atoms with E-state index in [0.29, 0.717) is 19.0 Å². The van der Waals surface area contributed by atoms with Crippen molar-refractivity contribution in [3.63, 3.8) is 0 Å². The standard InChI is InChI=1S/C19H27N5O2/c1-14-20-15(2)24(21-14)13-18(25)23-10-11-26-17(12-22(3)4)19(23)16-8-6-5-7-9-16/h5-9,17,19H,10-13H2,1-4H3/t17-,19-/m0/s1. The molecule has 1 fully saturated rings. The van der Waals surface area contributed by atoms with Crippen molar-refractivity contribution in [1.82, 2.24) is 24.6 Å². The second kappa shape index (κ2) is 7.97. The quantitative estimate of drug-likeness (QED) is 0.810. The van der Waals surface area contributed by atoms with Crippen molar-refractivity contribution in [1.29, 1.82) is 0 Å². The number of likely N-dealkylation sites (N-methyl/N-ethyl adjacent to an activating group) is 1. The van der Waals surface area contributed by atoms with E-state index in [-0.39, 0.29) is 24.6 Å². The van der Waals surface area contributed by atoms with Gasteiger partial charge in [0.25, 0.3) is 0 Å². The molecule has 1 saturated heterocycles. The van der Waals surface area contributed by atoms with Gasteiger partial charge in [-0.05, 0) is 33.5 Å². The number of rotatable bonds is 5. The van der Waals surface area contributed by atoms with Gasteiger partial charge in [-0.3, -0.25) is 4.79 Å². The summed E-state index contributed by atoms with van der Waals surface area (Å²) in [7, 11) is 4.04. The van der Waals surface area contributed by atoms with Gasteiger partial charge in [0.05, 0.1) is 18.8 Å². The summed E-state index contributed by atoms with van der Waals surface area (Å²) < 4.78 is 7.72. The van der Waals surface area contributed by atoms with Crippen LogP contribution in [0.15, 0.2) is 30.3 Å². The highest BCUT2D eigenvalue weighted by atomic mass is 16.5. The number of morpholine rings is 1. The Kier molecular flexibility index (Phi) is 5.68. The van der Waals surface area contributed by atoms with Gasteiger partial charge in [-0.15, -0.1) is 0 Å². The van der Waals surface area contributed by atoms with Gasteiger partial charge in [-0.2, -0.15) is 5.10 Å². The molecule has 0 aliphatic carbocycles. The van der Waals surface area contributed by atoms with Crippen LogP contribution in [0.4, 0.5) is 0 Å². The third-order valence-corrected chi connectivity index (χ3v) is 4.61. The summed E-state index contributed by atoms with van der Waals surface area (Å²) in [6, 6.07) is 10.0. The van der Waals surface area contributed by atoms with Crippen LogP contribution in [0, 0.1) is 13.8 Å². The van der Waals surface area contributed by atoms with Crippen molar-refractivity contribution in [2.24, 2.45) is 0 Å². The van der Waals surface area contributed by atoms with Crippen LogP contribution in [-0.4, -0.2) is 70.4 Å². The van der Waals surface area contributed by atoms with E-state index in [1.807, 2.05) is 51.0 Å². The monoisotopic (exact) mass is 357 g/mol. The molecule has 2 heterocycles. The van der Waals surface area contributed by atoms with Crippen molar-refractivity contribution < 1.29 is 9.53 Å². The number of carbonyl (C=O) groups is 1. The molecule has 1 aromatic heterocycles. The summed E-state index contributed by atoms with van der Waals surface area (Å²) >= 11 is 0. The molecule has 0 radical (unpaired) electrons. The minimum Gasteiger partial charge on any atom is -0.373 e. The fourth-order valence-corrected chi connectivity index (χ4v) is 3.50. The first-order valence-corrected chi connectivity index (χ1v) is 8.94. The molecule has 0 N–H and O–H groups in total. The Hall–Kier alpha value is -2.25. The summed E-state index contributed by atoms with van der Waals surface area (Å²) in [6.07, 6.45) is -0.0660. The molecule has 1 aromatic carbocycles. The molecule has 1 aliphatic heterocycles. The molecule has 2 atom stereocenters. The number of hydrogen-bond donors (Lipinski definition) is 0. The maximum Gasteiger partial charge on any atom is 0.245 e. The number of amides is 1. The Bertz CT molecular complexity index is 744. The van der Waals surface area contributed by atoms with Crippen LogP contribution >= 0.6 is 0 Å². The zero-order chi connectivity index (χ0) is 18.7. The van der Waals surface area contributed by atoms with Gasteiger partial charge in [0.2, 0.25) is 5.91 Å². The highest BCUT2D eigenvalue weighted by molar-refractivity contribution is 5.76. The Balaban J connectivity index is 1.86. The van der Waals surface area contributed by atoms with E-state index >= 15 is 0 Å². The third kappa shape index (κ3) is 4.11. The van der Waals surface area contributed by atoms with E-state index in [2.05, 4.69) is 27.1 Å². The molecule has 1 amide bonds. The van der Waals surface area contributed by atoms with E-state index < -0.39 is 0 Å². The molecule has 26 heavy (non-hydrogen) atoms. The average molecular weight is 357 g/mol. The zero-order valence-corrected chi connectivity index (χ0v) is 15.9. The highest BCUT2D eigenvalue weighted by Crippen LogP contribution is 2.30. The van der Waals surface area contributed by atoms with Crippen LogP contribution in [0.1, 0.15) is 23.3 Å². The Morgan fingerprint density at radius 1 is 1.27 bits per heavy atom. The van der Waals surface area contributed by atoms with Crippen molar-refractivity contribution >= 4 is 5.91 Å². The molecule has 7 nitrogen and oxygen atoms in total. The summed E-state index contributed by atoms with van der Waals surface area (Å²) in [4.78, 5) is 21.4. The Labute approximate surface area is 154 Å². The summed E-state index contributed by atoms with van der Waals surface area (Å²) in [5, 5.41) is 4.33. The van der Waals surface area contributed by atoms with E-state index in [9.17, 15) is 4.79 Å². The van der Waals surface area contributed by atoms with E-state index in [0.717, 1.165) is 17.9 Å². The van der Waals surface area contributed by atoms with Gasteiger partial charge < -0.3 is 14.5 Å². The largest absolute Gasteiger partial charge is 0.373 e. The Morgan fingerprint density at radius 2 is 2.00 bits per heavy atom. The smallest absolute Gasteiger partial charge is 0.245 e. The lowest BCUT2D eigenvalue weighted by Gasteiger charge is -2.42. The third-order valence-electron chi connectivity index (χ3n) is 4.61. The first-order chi connectivity index (χ1) is 12.5. The molecular formula is C19H27N5O2. The molecule has 0 spiro atoms. The van der Waals surface area contributed by atoms with Crippen LogP contribution in [0.3, 0.4) is 0 Å². The molecule has 0 bridgehead atoms. The molecular weight excluding hydrogens is 330 g/mol. The van der Waals surface area contributed by atoms with Gasteiger partial charge in [0.1, 0.15) is 18.2 Å². The molecule has 0 saturated carbocycles. The van der Waals surface area contributed by atoms with Gasteiger partial charge in [0.15, 0.2) is 0 Å². The summed E-state index contributed by atoms with van der Waals surface area (Å²) in [5.41, 5.74) is 1.10. The van der Waals surface area contributed by atoms with Crippen LogP contribution in [0.5, 0.6) is 0 Å². The number of aryl methyl sites for hydroxylation is 2. The van der Waals surface area contributed by atoms with Gasteiger partial charge in [-0.25, -0.2) is 9.67 Å². The minimum absolute atomic E-state index is 0.0407. The normalized spacial score (nSPS) is 20.6. The second-order valence-electron chi connectivity index (χ2n) is 6.98. The first kappa shape index (κ1) is 18.5. The predicted molar refractivity (Wildman–Crippen MR) is 98.7 cm³/mol. The fourth-order valence-electron chi connectivity index (χ4n) is 3.50. The number of hydrogen-bond acceptors (Lipinski definition) is 5. The highest BCUT2D eigenvalue weighted by Gasteiger charge is 2.36. The van der Waals surface area contributed by atoms with Crippen molar-refractivity contribution in [3.8, 4) is 0 Å². The molecule has 3 rings (SSSR count). The molecule has 7 heteroatoms. The number of ether oxygens (including phenoxy) is 1. The number of benzene rings is 1. The summed E-state index contributed by atoms with van der Waals surface area (Å²) in [5.74, 6) is 1.48. The first-order valence-electron chi connectivity index (χ1n) is 8.94. The van der Waals surface area contributed by atoms with Crippen LogP contribution in [0.2, 0.25) is 0 Å². The van der Waals surface area contributed by atoms with Crippen molar-refractivity contribution in [3.05, 3.63) is 47.5 Å². The SMILES string of the molecule is Cc1nc(C)n(CC(=O)N2CCO[C@@H](CN(C)C)[C@@H]2c2ccccc2)n1. The maximum absolute atomic E-state index is 13.1. The molecule has 0 unspecified atom stereocenters. The Morgan fingerprint density at radius 3 is 2.62 bits per heavy atom. The van der Waals surface area contributed by atoms with E-state index in [1.165, 1.54) is 0 Å². The predicted octanol–water partition coefficient (Wildman–Crippen LogP) is 1.43. The topological polar surface area (TPSA) is 63.5 Å². The minimum atomic E-state index is -0.107. The van der Waals surface area contributed by atoms with E-state index in [1.54, 1.807) is 4.68 Å². The maximum atomic E-state index is 13.1. The van der Waals surface area contributed by atoms with Crippen LogP contribution < -0.4 is 0 Å². The van der Waals surface area contributed by atoms with Gasteiger partial charge in [-0.1, -0.05) is 30.3 Å². The van der Waals surface area contributed by atoms with Crippen molar-refractivity contribution in [2.75, 3.05) is 33.8 Å². The molecule has 1 aliphatic rings. The lowest BCUT2D eigenvalue weighted by molar-refractivity contribution is -0.148. The van der Waals surface area contributed by atoms with Gasteiger partial charge in [0, 0.05) is 13.1 Å². The number of nitrogens with zero attached hydrogens (tertiary/aromatic N) is 5. The lowest BCUT2D eigenvalue weighted by atomic mass is 9.97. The van der Waals surface area contributed by atoms with Crippen LogP contribution in [-0.2, 0) is 16.1 Å². The zero-order valence-electron chi connectivity index (χ0n) is 15.9. The van der Waals surface area contributed by atoms with Crippen LogP contribution in [0.25, 0.3) is 0 Å². The van der Waals surface area contributed by atoms with Gasteiger partial charge >= 0.3 is 0 Å². The number of carbonyl (C=O) groups excluding carboxylic acids is 1. The summed E-state index contributed by atoms with van der Waals surface area (Å²) in [6.45, 7) is 5.78. The molecule has 2 aromatic rings. The fraction of sp³-hybridized carbons (Fsp3) is 0.526. The second-order valence-corrected chi connectivity index (χ2v) is 6.98. The van der Waals surface area contributed by atoms with E-state index in [4.69, 9.17) is 4.74 Å². The average Bonchev–Trinajstić information content (AvgIpc) is 2.92. The molecule has 140 valence electrons. The lowest BCUT2D eigenvalue weighted by Crippen LogP contribution is -2.51. The van der Waals surface area contributed by atoms with Crippen molar-refractivity contribution in [2.45, 2.75) is 32.5 Å².